The van der Waals surface area contributed by atoms with Crippen molar-refractivity contribution in [1.29, 1.82) is 0 Å². The number of benzene rings is 1. The van der Waals surface area contributed by atoms with Gasteiger partial charge in [0.2, 0.25) is 11.0 Å². The van der Waals surface area contributed by atoms with E-state index in [4.69, 9.17) is 9.47 Å². The molecule has 7 heteroatoms. The number of carbonyl (C=O) groups excluding carboxylic acids is 1. The molecular weight excluding hydrogens is 314 g/mol. The molecule has 6 nitrogen and oxygen atoms in total. The normalized spacial score (nSPS) is 10.7. The molecule has 122 valence electrons. The summed E-state index contributed by atoms with van der Waals surface area (Å²) in [6.45, 7) is 6.78. The molecule has 0 bridgehead atoms. The van der Waals surface area contributed by atoms with Gasteiger partial charge in [0, 0.05) is 6.08 Å². The van der Waals surface area contributed by atoms with E-state index < -0.39 is 0 Å². The topological polar surface area (TPSA) is 73.3 Å². The molecule has 2 rings (SSSR count). The van der Waals surface area contributed by atoms with Crippen LogP contribution in [-0.4, -0.2) is 29.3 Å². The van der Waals surface area contributed by atoms with Crippen molar-refractivity contribution in [3.63, 3.8) is 0 Å². The Morgan fingerprint density at radius 2 is 1.96 bits per heavy atom. The number of aromatic nitrogens is 2. The van der Waals surface area contributed by atoms with Crippen LogP contribution in [0.4, 0.5) is 5.13 Å². The van der Waals surface area contributed by atoms with Gasteiger partial charge in [-0.15, -0.1) is 10.2 Å². The summed E-state index contributed by atoms with van der Waals surface area (Å²) in [5.74, 6) is 1.10. The van der Waals surface area contributed by atoms with Crippen LogP contribution in [-0.2, 0) is 4.79 Å². The Bertz CT molecular complexity index is 698. The summed E-state index contributed by atoms with van der Waals surface area (Å²) in [6.07, 6.45) is 3.16. The van der Waals surface area contributed by atoms with Crippen molar-refractivity contribution in [3.05, 3.63) is 34.8 Å². The van der Waals surface area contributed by atoms with Crippen molar-refractivity contribution in [2.45, 2.75) is 20.8 Å². The first-order valence-electron chi connectivity index (χ1n) is 7.31. The van der Waals surface area contributed by atoms with Crippen LogP contribution in [0.2, 0.25) is 0 Å². The molecule has 0 saturated carbocycles. The van der Waals surface area contributed by atoms with Crippen LogP contribution in [0.25, 0.3) is 6.08 Å². The Morgan fingerprint density at radius 3 is 2.61 bits per heavy atom. The molecular formula is C16H19N3O3S. The van der Waals surface area contributed by atoms with E-state index in [0.717, 1.165) is 10.6 Å². The fourth-order valence-electron chi connectivity index (χ4n) is 1.84. The van der Waals surface area contributed by atoms with Crippen molar-refractivity contribution in [2.75, 3.05) is 18.5 Å². The summed E-state index contributed by atoms with van der Waals surface area (Å²) in [5.41, 5.74) is 0.848. The fraction of sp³-hybridized carbons (Fsp3) is 0.312. The van der Waals surface area contributed by atoms with Gasteiger partial charge in [-0.1, -0.05) is 17.4 Å². The van der Waals surface area contributed by atoms with Crippen LogP contribution in [0.1, 0.15) is 24.4 Å². The van der Waals surface area contributed by atoms with Crippen LogP contribution in [0.15, 0.2) is 24.3 Å². The molecule has 0 spiro atoms. The lowest BCUT2D eigenvalue weighted by atomic mass is 10.2. The SMILES string of the molecule is CCOc1ccc(C=CC(=O)Nc2nnc(C)s2)cc1OCC. The summed E-state index contributed by atoms with van der Waals surface area (Å²) < 4.78 is 11.1. The number of nitrogens with zero attached hydrogens (tertiary/aromatic N) is 2. The Morgan fingerprint density at radius 1 is 1.22 bits per heavy atom. The van der Waals surface area contributed by atoms with Crippen molar-refractivity contribution < 1.29 is 14.3 Å². The maximum atomic E-state index is 11.9. The van der Waals surface area contributed by atoms with Gasteiger partial charge in [0.15, 0.2) is 11.5 Å². The highest BCUT2D eigenvalue weighted by molar-refractivity contribution is 7.15. The number of amides is 1. The predicted molar refractivity (Wildman–Crippen MR) is 91.1 cm³/mol. The molecule has 0 aliphatic rings. The van der Waals surface area contributed by atoms with Crippen molar-refractivity contribution in [3.8, 4) is 11.5 Å². The van der Waals surface area contributed by atoms with Crippen LogP contribution >= 0.6 is 11.3 Å². The van der Waals surface area contributed by atoms with Crippen molar-refractivity contribution in [1.82, 2.24) is 10.2 Å². The molecule has 0 unspecified atom stereocenters. The molecule has 1 heterocycles. The second kappa shape index (κ2) is 8.28. The van der Waals surface area contributed by atoms with Crippen LogP contribution in [0.3, 0.4) is 0 Å². The molecule has 2 aromatic rings. The molecule has 1 amide bonds. The van der Waals surface area contributed by atoms with E-state index in [1.54, 1.807) is 6.08 Å². The van der Waals surface area contributed by atoms with Crippen LogP contribution < -0.4 is 14.8 Å². The first-order chi connectivity index (χ1) is 11.1. The number of nitrogens with one attached hydrogen (secondary N) is 1. The van der Waals surface area contributed by atoms with Crippen molar-refractivity contribution in [2.24, 2.45) is 0 Å². The van der Waals surface area contributed by atoms with Gasteiger partial charge in [-0.05, 0) is 44.5 Å². The largest absolute Gasteiger partial charge is 0.490 e. The van der Waals surface area contributed by atoms with E-state index in [1.807, 2.05) is 39.0 Å². The summed E-state index contributed by atoms with van der Waals surface area (Å²) in [5, 5.41) is 11.6. The Hall–Kier alpha value is -2.41. The molecule has 0 saturated heterocycles. The molecule has 0 aliphatic heterocycles. The quantitative estimate of drug-likeness (QED) is 0.787. The van der Waals surface area contributed by atoms with Gasteiger partial charge in [0.1, 0.15) is 5.01 Å². The minimum atomic E-state index is -0.256. The highest BCUT2D eigenvalue weighted by atomic mass is 32.1. The summed E-state index contributed by atoms with van der Waals surface area (Å²) in [6, 6.07) is 5.54. The summed E-state index contributed by atoms with van der Waals surface area (Å²) >= 11 is 1.33. The standard InChI is InChI=1S/C16H19N3O3S/c1-4-21-13-8-6-12(10-14(13)22-5-2)7-9-15(20)17-16-19-18-11(3)23-16/h6-10H,4-5H2,1-3H3,(H,17,19,20). The Labute approximate surface area is 139 Å². The maximum absolute atomic E-state index is 11.9. The lowest BCUT2D eigenvalue weighted by molar-refractivity contribution is -0.111. The third-order valence-corrected chi connectivity index (χ3v) is 3.50. The zero-order chi connectivity index (χ0) is 16.7. The van der Waals surface area contributed by atoms with Gasteiger partial charge in [0.25, 0.3) is 0 Å². The highest BCUT2D eigenvalue weighted by Crippen LogP contribution is 2.29. The average molecular weight is 333 g/mol. The fourth-order valence-corrected chi connectivity index (χ4v) is 2.43. The van der Waals surface area contributed by atoms with Crippen molar-refractivity contribution >= 4 is 28.5 Å². The molecule has 1 N–H and O–H groups in total. The number of anilines is 1. The van der Waals surface area contributed by atoms with E-state index in [2.05, 4.69) is 15.5 Å². The van der Waals surface area contributed by atoms with E-state index in [1.165, 1.54) is 17.4 Å². The third-order valence-electron chi connectivity index (χ3n) is 2.75. The monoisotopic (exact) mass is 333 g/mol. The Kier molecular flexibility index (Phi) is 6.10. The highest BCUT2D eigenvalue weighted by Gasteiger charge is 2.06. The van der Waals surface area contributed by atoms with Gasteiger partial charge in [-0.2, -0.15) is 0 Å². The minimum Gasteiger partial charge on any atom is -0.490 e. The Balaban J connectivity index is 2.06. The molecule has 0 aliphatic carbocycles. The number of hydrogen-bond donors (Lipinski definition) is 1. The van der Waals surface area contributed by atoms with Gasteiger partial charge >= 0.3 is 0 Å². The number of rotatable bonds is 7. The predicted octanol–water partition coefficient (Wildman–Crippen LogP) is 3.30. The molecule has 23 heavy (non-hydrogen) atoms. The zero-order valence-electron chi connectivity index (χ0n) is 13.3. The molecule has 1 aromatic carbocycles. The summed E-state index contributed by atoms with van der Waals surface area (Å²) in [7, 11) is 0. The van der Waals surface area contributed by atoms with Gasteiger partial charge < -0.3 is 9.47 Å². The summed E-state index contributed by atoms with van der Waals surface area (Å²) in [4.78, 5) is 11.9. The molecule has 1 aromatic heterocycles. The van der Waals surface area contributed by atoms with Gasteiger partial charge in [0.05, 0.1) is 13.2 Å². The third kappa shape index (κ3) is 5.07. The van der Waals surface area contributed by atoms with Crippen LogP contribution in [0, 0.1) is 6.92 Å². The lowest BCUT2D eigenvalue weighted by Gasteiger charge is -2.11. The van der Waals surface area contributed by atoms with E-state index in [-0.39, 0.29) is 5.91 Å². The number of hydrogen-bond acceptors (Lipinski definition) is 6. The average Bonchev–Trinajstić information content (AvgIpc) is 2.93. The van der Waals surface area contributed by atoms with E-state index >= 15 is 0 Å². The second-order valence-corrected chi connectivity index (χ2v) is 5.70. The number of carbonyl (C=O) groups is 1. The molecule has 0 atom stereocenters. The first kappa shape index (κ1) is 17.0. The van der Waals surface area contributed by atoms with Crippen LogP contribution in [0.5, 0.6) is 11.5 Å². The van der Waals surface area contributed by atoms with Gasteiger partial charge in [-0.3, -0.25) is 10.1 Å². The smallest absolute Gasteiger partial charge is 0.250 e. The number of aryl methyl sites for hydroxylation is 1. The van der Waals surface area contributed by atoms with E-state index in [0.29, 0.717) is 29.8 Å². The second-order valence-electron chi connectivity index (χ2n) is 4.52. The lowest BCUT2D eigenvalue weighted by Crippen LogP contribution is -2.07. The van der Waals surface area contributed by atoms with Gasteiger partial charge in [-0.25, -0.2) is 0 Å². The maximum Gasteiger partial charge on any atom is 0.250 e. The first-order valence-corrected chi connectivity index (χ1v) is 8.12. The zero-order valence-corrected chi connectivity index (χ0v) is 14.1. The van der Waals surface area contributed by atoms with E-state index in [9.17, 15) is 4.79 Å². The molecule has 0 fully saturated rings. The molecule has 0 radical (unpaired) electrons. The number of ether oxygens (including phenoxy) is 2. The minimum absolute atomic E-state index is 0.256.